The Morgan fingerprint density at radius 2 is 2.06 bits per heavy atom. The predicted octanol–water partition coefficient (Wildman–Crippen LogP) is 1.29. The lowest BCUT2D eigenvalue weighted by Crippen LogP contribution is -2.26. The molecule has 0 unspecified atom stereocenters. The number of carbonyl (C=O) groups excluding carboxylic acids is 1. The third-order valence-electron chi connectivity index (χ3n) is 1.98. The van der Waals surface area contributed by atoms with Crippen LogP contribution in [0.1, 0.15) is 6.42 Å². The zero-order valence-electron chi connectivity index (χ0n) is 9.14. The van der Waals surface area contributed by atoms with E-state index in [4.69, 9.17) is 0 Å². The van der Waals surface area contributed by atoms with Gasteiger partial charge >= 0.3 is 5.97 Å². The molecule has 7 heteroatoms. The summed E-state index contributed by atoms with van der Waals surface area (Å²) in [6, 6.07) is 6.45. The molecular formula is C10H12BrNO4S. The minimum Gasteiger partial charge on any atom is -0.469 e. The fraction of sp³-hybridized carbons (Fsp3) is 0.300. The molecule has 0 amide bonds. The highest BCUT2D eigenvalue weighted by Crippen LogP contribution is 2.20. The predicted molar refractivity (Wildman–Crippen MR) is 66.0 cm³/mol. The fourth-order valence-corrected chi connectivity index (χ4v) is 3.16. The van der Waals surface area contributed by atoms with Gasteiger partial charge in [-0.2, -0.15) is 0 Å². The topological polar surface area (TPSA) is 72.5 Å². The maximum absolute atomic E-state index is 11.8. The first-order chi connectivity index (χ1) is 7.97. The van der Waals surface area contributed by atoms with Gasteiger partial charge in [-0.05, 0) is 28.1 Å². The van der Waals surface area contributed by atoms with E-state index in [9.17, 15) is 13.2 Å². The lowest BCUT2D eigenvalue weighted by molar-refractivity contribution is -0.140. The van der Waals surface area contributed by atoms with Crippen molar-refractivity contribution in [2.45, 2.75) is 11.3 Å². The minimum absolute atomic E-state index is 0.000181. The van der Waals surface area contributed by atoms with Crippen molar-refractivity contribution in [1.29, 1.82) is 0 Å². The van der Waals surface area contributed by atoms with E-state index < -0.39 is 16.0 Å². The normalized spacial score (nSPS) is 11.2. The van der Waals surface area contributed by atoms with E-state index in [1.807, 2.05) is 0 Å². The standard InChI is InChI=1S/C10H12BrNO4S/c1-16-10(13)6-7-12-17(14,15)9-5-3-2-4-8(9)11/h2-5,12H,6-7H2,1H3. The van der Waals surface area contributed by atoms with Gasteiger partial charge in [0.1, 0.15) is 0 Å². The quantitative estimate of drug-likeness (QED) is 0.829. The molecule has 1 N–H and O–H groups in total. The van der Waals surface area contributed by atoms with Crippen LogP contribution in [-0.4, -0.2) is 28.0 Å². The second kappa shape index (κ2) is 6.13. The molecule has 0 heterocycles. The van der Waals surface area contributed by atoms with Crippen LogP contribution in [0.5, 0.6) is 0 Å². The van der Waals surface area contributed by atoms with Crippen LogP contribution in [0.25, 0.3) is 0 Å². The Morgan fingerprint density at radius 3 is 2.65 bits per heavy atom. The first-order valence-electron chi connectivity index (χ1n) is 4.78. The highest BCUT2D eigenvalue weighted by molar-refractivity contribution is 9.10. The molecule has 0 radical (unpaired) electrons. The molecule has 94 valence electrons. The number of nitrogens with one attached hydrogen (secondary N) is 1. The van der Waals surface area contributed by atoms with E-state index in [1.54, 1.807) is 18.2 Å². The second-order valence-electron chi connectivity index (χ2n) is 3.15. The zero-order valence-corrected chi connectivity index (χ0v) is 11.5. The van der Waals surface area contributed by atoms with Crippen LogP contribution < -0.4 is 4.72 Å². The van der Waals surface area contributed by atoms with Crippen molar-refractivity contribution in [3.05, 3.63) is 28.7 Å². The molecule has 1 aromatic rings. The van der Waals surface area contributed by atoms with Gasteiger partial charge in [-0.25, -0.2) is 13.1 Å². The summed E-state index contributed by atoms with van der Waals surface area (Å²) in [4.78, 5) is 11.0. The van der Waals surface area contributed by atoms with Crippen molar-refractivity contribution in [3.63, 3.8) is 0 Å². The molecule has 0 saturated carbocycles. The van der Waals surface area contributed by atoms with Gasteiger partial charge in [0.25, 0.3) is 0 Å². The van der Waals surface area contributed by atoms with E-state index in [2.05, 4.69) is 25.4 Å². The summed E-state index contributed by atoms with van der Waals surface area (Å²) in [6.45, 7) is 0.0103. The third kappa shape index (κ3) is 4.10. The van der Waals surface area contributed by atoms with Crippen LogP contribution >= 0.6 is 15.9 Å². The highest BCUT2D eigenvalue weighted by atomic mass is 79.9. The number of hydrogen-bond donors (Lipinski definition) is 1. The summed E-state index contributed by atoms with van der Waals surface area (Å²) in [6.07, 6.45) is 0.000181. The number of hydrogen-bond acceptors (Lipinski definition) is 4. The van der Waals surface area contributed by atoms with Gasteiger partial charge < -0.3 is 4.74 Å². The van der Waals surface area contributed by atoms with Gasteiger partial charge in [0.05, 0.1) is 18.4 Å². The lowest BCUT2D eigenvalue weighted by Gasteiger charge is -2.07. The van der Waals surface area contributed by atoms with Crippen molar-refractivity contribution >= 4 is 31.9 Å². The van der Waals surface area contributed by atoms with Crippen molar-refractivity contribution in [1.82, 2.24) is 4.72 Å². The average molecular weight is 322 g/mol. The van der Waals surface area contributed by atoms with Gasteiger partial charge in [0, 0.05) is 11.0 Å². The zero-order chi connectivity index (χ0) is 12.9. The van der Waals surface area contributed by atoms with E-state index in [-0.39, 0.29) is 17.9 Å². The van der Waals surface area contributed by atoms with Gasteiger partial charge in [0.2, 0.25) is 10.0 Å². The number of carbonyl (C=O) groups is 1. The molecule has 1 aromatic carbocycles. The van der Waals surface area contributed by atoms with Crippen LogP contribution in [0.4, 0.5) is 0 Å². The average Bonchev–Trinajstić information content (AvgIpc) is 2.28. The summed E-state index contributed by atoms with van der Waals surface area (Å²) >= 11 is 3.16. The SMILES string of the molecule is COC(=O)CCNS(=O)(=O)c1ccccc1Br. The smallest absolute Gasteiger partial charge is 0.306 e. The summed E-state index contributed by atoms with van der Waals surface area (Å²) < 4.78 is 30.9. The van der Waals surface area contributed by atoms with Crippen LogP contribution in [0.3, 0.4) is 0 Å². The number of halogens is 1. The summed E-state index contributed by atoms with van der Waals surface area (Å²) in [7, 11) is -2.34. The molecule has 0 bridgehead atoms. The van der Waals surface area contributed by atoms with Gasteiger partial charge in [-0.3, -0.25) is 4.79 Å². The van der Waals surface area contributed by atoms with E-state index >= 15 is 0 Å². The maximum Gasteiger partial charge on any atom is 0.306 e. The van der Waals surface area contributed by atoms with Gasteiger partial charge in [0.15, 0.2) is 0 Å². The van der Waals surface area contributed by atoms with Crippen molar-refractivity contribution < 1.29 is 17.9 Å². The number of ether oxygens (including phenoxy) is 1. The summed E-state index contributed by atoms with van der Waals surface area (Å²) in [5, 5.41) is 0. The molecule has 1 rings (SSSR count). The van der Waals surface area contributed by atoms with Crippen LogP contribution in [-0.2, 0) is 19.6 Å². The molecule has 0 spiro atoms. The van der Waals surface area contributed by atoms with Crippen molar-refractivity contribution in [2.75, 3.05) is 13.7 Å². The molecular weight excluding hydrogens is 310 g/mol. The second-order valence-corrected chi connectivity index (χ2v) is 5.74. The molecule has 0 fully saturated rings. The molecule has 0 atom stereocenters. The van der Waals surface area contributed by atoms with Crippen molar-refractivity contribution in [2.24, 2.45) is 0 Å². The summed E-state index contributed by atoms with van der Waals surface area (Å²) in [5.41, 5.74) is 0. The van der Waals surface area contributed by atoms with Gasteiger partial charge in [-0.15, -0.1) is 0 Å². The molecule has 0 aliphatic rings. The first kappa shape index (κ1) is 14.1. The van der Waals surface area contributed by atoms with E-state index in [1.165, 1.54) is 13.2 Å². The van der Waals surface area contributed by atoms with Crippen LogP contribution in [0, 0.1) is 0 Å². The molecule has 0 aliphatic carbocycles. The van der Waals surface area contributed by atoms with E-state index in [0.29, 0.717) is 4.47 Å². The Hall–Kier alpha value is -0.920. The fourth-order valence-electron chi connectivity index (χ4n) is 1.13. The Labute approximate surface area is 108 Å². The Morgan fingerprint density at radius 1 is 1.41 bits per heavy atom. The third-order valence-corrected chi connectivity index (χ3v) is 4.45. The van der Waals surface area contributed by atoms with E-state index in [0.717, 1.165) is 0 Å². The number of esters is 1. The number of rotatable bonds is 5. The number of sulfonamides is 1. The van der Waals surface area contributed by atoms with Crippen molar-refractivity contribution in [3.8, 4) is 0 Å². The summed E-state index contributed by atoms with van der Waals surface area (Å²) in [5.74, 6) is -0.458. The minimum atomic E-state index is -3.60. The molecule has 0 saturated heterocycles. The number of benzene rings is 1. The number of methoxy groups -OCH3 is 1. The maximum atomic E-state index is 11.8. The molecule has 17 heavy (non-hydrogen) atoms. The first-order valence-corrected chi connectivity index (χ1v) is 7.06. The van der Waals surface area contributed by atoms with Crippen LogP contribution in [0.15, 0.2) is 33.6 Å². The molecule has 5 nitrogen and oxygen atoms in total. The van der Waals surface area contributed by atoms with Crippen LogP contribution in [0.2, 0.25) is 0 Å². The molecule has 0 aliphatic heterocycles. The molecule has 0 aromatic heterocycles. The Bertz CT molecular complexity index is 501. The Kier molecular flexibility index (Phi) is 5.10. The Balaban J connectivity index is 2.70. The van der Waals surface area contributed by atoms with Gasteiger partial charge in [-0.1, -0.05) is 12.1 Å². The largest absolute Gasteiger partial charge is 0.469 e. The highest BCUT2D eigenvalue weighted by Gasteiger charge is 2.16. The lowest BCUT2D eigenvalue weighted by atomic mass is 10.4. The monoisotopic (exact) mass is 321 g/mol.